The molecule has 5 rings (SSSR count). The van der Waals surface area contributed by atoms with Crippen molar-refractivity contribution in [1.82, 2.24) is 24.6 Å². The van der Waals surface area contributed by atoms with Crippen LogP contribution < -0.4 is 5.32 Å². The number of aliphatic hydroxyl groups excluding tert-OH is 1. The zero-order valence-corrected chi connectivity index (χ0v) is 18.4. The Morgan fingerprint density at radius 1 is 1.18 bits per heavy atom. The van der Waals surface area contributed by atoms with Gasteiger partial charge in [-0.05, 0) is 37.1 Å². The van der Waals surface area contributed by atoms with E-state index in [2.05, 4.69) is 10.3 Å². The fraction of sp³-hybridized carbons (Fsp3) is 0.280. The summed E-state index contributed by atoms with van der Waals surface area (Å²) in [5.74, 6) is -0.307. The van der Waals surface area contributed by atoms with Crippen molar-refractivity contribution in [3.05, 3.63) is 77.4 Å². The van der Waals surface area contributed by atoms with Gasteiger partial charge in [-0.3, -0.25) is 14.6 Å². The highest BCUT2D eigenvalue weighted by atomic mass is 16.3. The minimum absolute atomic E-state index is 0.0294. The largest absolute Gasteiger partial charge is 0.395 e. The summed E-state index contributed by atoms with van der Waals surface area (Å²) in [5.41, 5.74) is 4.30. The Balaban J connectivity index is 1.41. The molecule has 0 bridgehead atoms. The molecule has 1 aliphatic heterocycles. The summed E-state index contributed by atoms with van der Waals surface area (Å²) in [4.78, 5) is 37.0. The summed E-state index contributed by atoms with van der Waals surface area (Å²) in [5, 5.41) is 12.6. The van der Waals surface area contributed by atoms with Crippen molar-refractivity contribution in [1.29, 1.82) is 0 Å². The van der Waals surface area contributed by atoms with Crippen LogP contribution in [0.1, 0.15) is 44.4 Å². The molecule has 1 aromatic carbocycles. The van der Waals surface area contributed by atoms with Gasteiger partial charge in [-0.25, -0.2) is 4.98 Å². The molecule has 0 spiro atoms. The van der Waals surface area contributed by atoms with Crippen molar-refractivity contribution >= 4 is 28.4 Å². The number of nitrogens with one attached hydrogen (secondary N) is 1. The van der Waals surface area contributed by atoms with Crippen molar-refractivity contribution in [3.63, 3.8) is 0 Å². The molecule has 4 aromatic rings. The molecule has 0 saturated carbocycles. The second-order valence-electron chi connectivity index (χ2n) is 8.38. The van der Waals surface area contributed by atoms with Gasteiger partial charge in [0.1, 0.15) is 11.3 Å². The molecule has 0 aliphatic carbocycles. The lowest BCUT2D eigenvalue weighted by molar-refractivity contribution is 0.0785. The highest BCUT2D eigenvalue weighted by Crippen LogP contribution is 2.30. The zero-order chi connectivity index (χ0) is 22.9. The Labute approximate surface area is 190 Å². The number of aryl methyl sites for hydroxylation is 1. The highest BCUT2D eigenvalue weighted by Gasteiger charge is 2.31. The topological polar surface area (TPSA) is 99.8 Å². The minimum Gasteiger partial charge on any atom is -0.395 e. The Kier molecular flexibility index (Phi) is 5.51. The second-order valence-corrected chi connectivity index (χ2v) is 8.38. The number of aliphatic hydroxyl groups is 1. The van der Waals surface area contributed by atoms with Crippen molar-refractivity contribution in [2.45, 2.75) is 19.3 Å². The van der Waals surface area contributed by atoms with Gasteiger partial charge < -0.3 is 19.7 Å². The SMILES string of the molecule is Cc1cccn2cc(C(=O)N3CC[C@H](c4cc(C(=O)NCCO)c5ccccc5n4)C3)nc12. The van der Waals surface area contributed by atoms with Crippen molar-refractivity contribution in [2.24, 2.45) is 0 Å². The fourth-order valence-electron chi connectivity index (χ4n) is 4.46. The quantitative estimate of drug-likeness (QED) is 0.494. The van der Waals surface area contributed by atoms with E-state index in [9.17, 15) is 9.59 Å². The van der Waals surface area contributed by atoms with E-state index in [1.165, 1.54) is 0 Å². The van der Waals surface area contributed by atoms with Crippen LogP contribution in [0.15, 0.2) is 54.9 Å². The molecule has 168 valence electrons. The standard InChI is InChI=1S/C25H25N5O3/c1-16-5-4-10-29-15-22(28-23(16)29)25(33)30-11-8-17(14-30)21-13-19(24(32)26-9-12-31)18-6-2-3-7-20(18)27-21/h2-7,10,13,15,17,31H,8-9,11-12,14H2,1H3,(H,26,32)/t17-/m0/s1. The van der Waals surface area contributed by atoms with Gasteiger partial charge in [0.05, 0.1) is 17.7 Å². The lowest BCUT2D eigenvalue weighted by atomic mass is 9.99. The van der Waals surface area contributed by atoms with Crippen LogP contribution in [0.3, 0.4) is 0 Å². The van der Waals surface area contributed by atoms with Crippen molar-refractivity contribution < 1.29 is 14.7 Å². The highest BCUT2D eigenvalue weighted by molar-refractivity contribution is 6.06. The van der Waals surface area contributed by atoms with E-state index in [1.807, 2.05) is 64.9 Å². The smallest absolute Gasteiger partial charge is 0.274 e. The normalized spacial score (nSPS) is 15.9. The first-order chi connectivity index (χ1) is 16.0. The van der Waals surface area contributed by atoms with E-state index in [-0.39, 0.29) is 30.9 Å². The van der Waals surface area contributed by atoms with E-state index >= 15 is 0 Å². The molecule has 3 aromatic heterocycles. The second kappa shape index (κ2) is 8.63. The first kappa shape index (κ1) is 21.1. The number of benzene rings is 1. The van der Waals surface area contributed by atoms with Crippen LogP contribution in [0.2, 0.25) is 0 Å². The monoisotopic (exact) mass is 443 g/mol. The Hall–Kier alpha value is -3.78. The average Bonchev–Trinajstić information content (AvgIpc) is 3.50. The number of carbonyl (C=O) groups is 2. The van der Waals surface area contributed by atoms with E-state index in [0.717, 1.165) is 34.2 Å². The van der Waals surface area contributed by atoms with Crippen LogP contribution in [0.25, 0.3) is 16.6 Å². The van der Waals surface area contributed by atoms with E-state index in [0.29, 0.717) is 24.3 Å². The third kappa shape index (κ3) is 3.93. The third-order valence-corrected chi connectivity index (χ3v) is 6.17. The minimum atomic E-state index is -0.241. The van der Waals surface area contributed by atoms with Gasteiger partial charge in [0.2, 0.25) is 0 Å². The Morgan fingerprint density at radius 3 is 2.85 bits per heavy atom. The fourth-order valence-corrected chi connectivity index (χ4v) is 4.46. The number of carbonyl (C=O) groups excluding carboxylic acids is 2. The van der Waals surface area contributed by atoms with Gasteiger partial charge in [-0.2, -0.15) is 0 Å². The molecule has 0 radical (unpaired) electrons. The number of amides is 2. The third-order valence-electron chi connectivity index (χ3n) is 6.17. The van der Waals surface area contributed by atoms with Gasteiger partial charge in [0.15, 0.2) is 0 Å². The molecule has 0 unspecified atom stereocenters. The number of para-hydroxylation sites is 1. The molecule has 1 saturated heterocycles. The summed E-state index contributed by atoms with van der Waals surface area (Å²) in [6.45, 7) is 3.17. The predicted octanol–water partition coefficient (Wildman–Crippen LogP) is 2.54. The summed E-state index contributed by atoms with van der Waals surface area (Å²) in [7, 11) is 0. The summed E-state index contributed by atoms with van der Waals surface area (Å²) in [6.07, 6.45) is 4.43. The predicted molar refractivity (Wildman–Crippen MR) is 124 cm³/mol. The van der Waals surface area contributed by atoms with Crippen LogP contribution >= 0.6 is 0 Å². The number of hydrogen-bond donors (Lipinski definition) is 2. The molecular weight excluding hydrogens is 418 g/mol. The average molecular weight is 444 g/mol. The van der Waals surface area contributed by atoms with Crippen molar-refractivity contribution in [3.8, 4) is 0 Å². The molecule has 33 heavy (non-hydrogen) atoms. The molecule has 2 amide bonds. The molecule has 4 heterocycles. The van der Waals surface area contributed by atoms with Crippen LogP contribution in [-0.4, -0.2) is 62.4 Å². The first-order valence-corrected chi connectivity index (χ1v) is 11.1. The Bertz CT molecular complexity index is 1360. The van der Waals surface area contributed by atoms with Crippen molar-refractivity contribution in [2.75, 3.05) is 26.2 Å². The van der Waals surface area contributed by atoms with Crippen LogP contribution in [0.5, 0.6) is 0 Å². The molecule has 1 atom stereocenters. The number of aromatic nitrogens is 3. The maximum atomic E-state index is 13.2. The van der Waals surface area contributed by atoms with E-state index in [4.69, 9.17) is 10.1 Å². The summed E-state index contributed by atoms with van der Waals surface area (Å²) in [6, 6.07) is 13.3. The number of pyridine rings is 2. The maximum absolute atomic E-state index is 13.2. The number of hydrogen-bond acceptors (Lipinski definition) is 5. The number of imidazole rings is 1. The lowest BCUT2D eigenvalue weighted by Gasteiger charge is -2.16. The van der Waals surface area contributed by atoms with E-state index in [1.54, 1.807) is 6.20 Å². The summed E-state index contributed by atoms with van der Waals surface area (Å²) < 4.78 is 1.87. The van der Waals surface area contributed by atoms with Gasteiger partial charge >= 0.3 is 0 Å². The van der Waals surface area contributed by atoms with Gasteiger partial charge in [-0.15, -0.1) is 0 Å². The molecule has 8 nitrogen and oxygen atoms in total. The van der Waals surface area contributed by atoms with Crippen LogP contribution in [0.4, 0.5) is 0 Å². The Morgan fingerprint density at radius 2 is 2.03 bits per heavy atom. The molecular formula is C25H25N5O3. The molecule has 8 heteroatoms. The van der Waals surface area contributed by atoms with Crippen LogP contribution in [-0.2, 0) is 0 Å². The number of nitrogens with zero attached hydrogens (tertiary/aromatic N) is 4. The number of likely N-dealkylation sites (tertiary alicyclic amines) is 1. The molecule has 2 N–H and O–H groups in total. The zero-order valence-electron chi connectivity index (χ0n) is 18.4. The maximum Gasteiger partial charge on any atom is 0.274 e. The van der Waals surface area contributed by atoms with Gasteiger partial charge in [0, 0.05) is 49.0 Å². The lowest BCUT2D eigenvalue weighted by Crippen LogP contribution is -2.29. The molecule has 1 aliphatic rings. The number of fused-ring (bicyclic) bond motifs is 2. The van der Waals surface area contributed by atoms with Gasteiger partial charge in [-0.1, -0.05) is 24.3 Å². The summed E-state index contributed by atoms with van der Waals surface area (Å²) >= 11 is 0. The van der Waals surface area contributed by atoms with Crippen LogP contribution in [0, 0.1) is 6.92 Å². The first-order valence-electron chi connectivity index (χ1n) is 11.1. The number of rotatable bonds is 5. The van der Waals surface area contributed by atoms with E-state index < -0.39 is 0 Å². The van der Waals surface area contributed by atoms with Gasteiger partial charge in [0.25, 0.3) is 11.8 Å². The molecule has 1 fully saturated rings.